The van der Waals surface area contributed by atoms with Gasteiger partial charge >= 0.3 is 0 Å². The van der Waals surface area contributed by atoms with E-state index in [4.69, 9.17) is 23.2 Å². The van der Waals surface area contributed by atoms with Gasteiger partial charge in [0.15, 0.2) is 0 Å². The minimum absolute atomic E-state index is 0.205. The number of Topliss-reactive ketones (excluding diaryl/α,β-unsaturated/α-hetero) is 1. The maximum atomic E-state index is 11.9. The zero-order chi connectivity index (χ0) is 12.8. The maximum Gasteiger partial charge on any atom is 0.132 e. The van der Waals surface area contributed by atoms with Crippen molar-refractivity contribution in [2.75, 3.05) is 5.75 Å². The van der Waals surface area contributed by atoms with Gasteiger partial charge in [-0.2, -0.15) is 0 Å². The predicted molar refractivity (Wildman–Crippen MR) is 72.3 cm³/mol. The Hall–Kier alpha value is -0.380. The van der Waals surface area contributed by atoms with Crippen LogP contribution < -0.4 is 0 Å². The molecule has 0 N–H and O–H groups in total. The molecule has 0 aliphatic rings. The number of ketones is 1. The fourth-order valence-corrected chi connectivity index (χ4v) is 2.79. The Kier molecular flexibility index (Phi) is 6.17. The predicted octanol–water partition coefficient (Wildman–Crippen LogP) is 3.86. The van der Waals surface area contributed by atoms with Gasteiger partial charge in [-0.05, 0) is 24.6 Å². The highest BCUT2D eigenvalue weighted by Gasteiger charge is 2.07. The molecule has 0 aliphatic carbocycles. The fourth-order valence-electron chi connectivity index (χ4n) is 1.31. The van der Waals surface area contributed by atoms with Gasteiger partial charge in [0.05, 0.1) is 20.8 Å². The van der Waals surface area contributed by atoms with Gasteiger partial charge in [-0.1, -0.05) is 30.1 Å². The summed E-state index contributed by atoms with van der Waals surface area (Å²) in [6.45, 7) is 1.83. The summed E-state index contributed by atoms with van der Waals surface area (Å²) in [5, 5.41) is 0.857. The van der Waals surface area contributed by atoms with Crippen molar-refractivity contribution in [1.82, 2.24) is 0 Å². The largest absolute Gasteiger partial charge is 0.300 e. The maximum absolute atomic E-state index is 11.9. The van der Waals surface area contributed by atoms with Crippen LogP contribution >= 0.6 is 23.2 Å². The second kappa shape index (κ2) is 7.14. The van der Waals surface area contributed by atoms with Gasteiger partial charge in [0.1, 0.15) is 5.78 Å². The molecule has 0 fully saturated rings. The lowest BCUT2D eigenvalue weighted by atomic mass is 10.2. The number of halogens is 2. The van der Waals surface area contributed by atoms with Crippen LogP contribution in [0.5, 0.6) is 0 Å². The third-order valence-corrected chi connectivity index (χ3v) is 4.51. The average molecular weight is 293 g/mol. The molecule has 0 aromatic heterocycles. The molecule has 0 radical (unpaired) electrons. The summed E-state index contributed by atoms with van der Waals surface area (Å²) in [5.74, 6) is 0.681. The summed E-state index contributed by atoms with van der Waals surface area (Å²) in [6.07, 6.45) is 1.67. The van der Waals surface area contributed by atoms with Crippen LogP contribution in [-0.4, -0.2) is 15.7 Å². The van der Waals surface area contributed by atoms with Gasteiger partial charge in [-0.3, -0.25) is 9.00 Å². The van der Waals surface area contributed by atoms with Gasteiger partial charge in [0.2, 0.25) is 0 Å². The van der Waals surface area contributed by atoms with E-state index >= 15 is 0 Å². The molecule has 94 valence electrons. The third-order valence-electron chi connectivity index (χ3n) is 2.33. The van der Waals surface area contributed by atoms with Crippen LogP contribution in [0.15, 0.2) is 23.1 Å². The van der Waals surface area contributed by atoms with Crippen molar-refractivity contribution >= 4 is 39.8 Å². The molecule has 0 aliphatic heterocycles. The molecular weight excluding hydrogens is 279 g/mol. The Morgan fingerprint density at radius 3 is 2.59 bits per heavy atom. The topological polar surface area (TPSA) is 34.1 Å². The molecule has 1 rings (SSSR count). The molecule has 1 aromatic carbocycles. The first kappa shape index (κ1) is 14.7. The van der Waals surface area contributed by atoms with Crippen LogP contribution in [0, 0.1) is 0 Å². The number of benzene rings is 1. The van der Waals surface area contributed by atoms with Crippen molar-refractivity contribution in [1.29, 1.82) is 0 Å². The van der Waals surface area contributed by atoms with Gasteiger partial charge in [0, 0.05) is 23.5 Å². The van der Waals surface area contributed by atoms with E-state index in [0.29, 0.717) is 40.0 Å². The lowest BCUT2D eigenvalue weighted by Crippen LogP contribution is -2.02. The van der Waals surface area contributed by atoms with Crippen LogP contribution in [-0.2, 0) is 15.6 Å². The summed E-state index contributed by atoms with van der Waals surface area (Å²) in [7, 11) is -1.12. The van der Waals surface area contributed by atoms with Gasteiger partial charge < -0.3 is 0 Å². The monoisotopic (exact) mass is 292 g/mol. The molecule has 5 heteroatoms. The smallest absolute Gasteiger partial charge is 0.132 e. The molecule has 0 amide bonds. The van der Waals surface area contributed by atoms with E-state index in [2.05, 4.69) is 0 Å². The minimum atomic E-state index is -1.12. The highest BCUT2D eigenvalue weighted by atomic mass is 35.5. The molecule has 1 aromatic rings. The Bertz CT molecular complexity index is 433. The van der Waals surface area contributed by atoms with Gasteiger partial charge in [-0.15, -0.1) is 0 Å². The first-order chi connectivity index (χ1) is 8.04. The Labute approximate surface area is 114 Å². The molecule has 17 heavy (non-hydrogen) atoms. The first-order valence-electron chi connectivity index (χ1n) is 5.39. The van der Waals surface area contributed by atoms with E-state index in [-0.39, 0.29) is 5.78 Å². The SMILES string of the molecule is CCC(=O)CCCS(=O)c1ccc(Cl)c(Cl)c1. The van der Waals surface area contributed by atoms with Crippen molar-refractivity contribution in [2.24, 2.45) is 0 Å². The molecule has 0 saturated heterocycles. The third kappa shape index (κ3) is 4.78. The van der Waals surface area contributed by atoms with Crippen LogP contribution in [0.2, 0.25) is 10.0 Å². The zero-order valence-corrected chi connectivity index (χ0v) is 11.9. The van der Waals surface area contributed by atoms with E-state index in [0.717, 1.165) is 0 Å². The van der Waals surface area contributed by atoms with Crippen LogP contribution in [0.3, 0.4) is 0 Å². The number of rotatable bonds is 6. The van der Waals surface area contributed by atoms with Gasteiger partial charge in [0.25, 0.3) is 0 Å². The second-order valence-corrected chi connectivity index (χ2v) is 6.01. The Morgan fingerprint density at radius 2 is 2.00 bits per heavy atom. The van der Waals surface area contributed by atoms with E-state index in [9.17, 15) is 9.00 Å². The standard InChI is InChI=1S/C12H14Cl2O2S/c1-2-9(15)4-3-7-17(16)10-5-6-11(13)12(14)8-10/h5-6,8H,2-4,7H2,1H3. The molecule has 0 spiro atoms. The summed E-state index contributed by atoms with van der Waals surface area (Å²) in [5.41, 5.74) is 0. The van der Waals surface area contributed by atoms with Crippen molar-refractivity contribution in [3.05, 3.63) is 28.2 Å². The normalized spacial score (nSPS) is 12.4. The van der Waals surface area contributed by atoms with Crippen LogP contribution in [0.1, 0.15) is 26.2 Å². The average Bonchev–Trinajstić information content (AvgIpc) is 2.32. The number of carbonyl (C=O) groups excluding carboxylic acids is 1. The quantitative estimate of drug-likeness (QED) is 0.798. The number of carbonyl (C=O) groups is 1. The van der Waals surface area contributed by atoms with E-state index in [1.54, 1.807) is 18.2 Å². The summed E-state index contributed by atoms with van der Waals surface area (Å²) in [6, 6.07) is 4.95. The Morgan fingerprint density at radius 1 is 1.29 bits per heavy atom. The molecule has 0 heterocycles. The second-order valence-electron chi connectivity index (χ2n) is 3.62. The van der Waals surface area contributed by atoms with E-state index < -0.39 is 10.8 Å². The highest BCUT2D eigenvalue weighted by Crippen LogP contribution is 2.24. The number of hydrogen-bond donors (Lipinski definition) is 0. The van der Waals surface area contributed by atoms with Crippen molar-refractivity contribution < 1.29 is 9.00 Å². The van der Waals surface area contributed by atoms with E-state index in [1.807, 2.05) is 6.92 Å². The minimum Gasteiger partial charge on any atom is -0.300 e. The summed E-state index contributed by atoms with van der Waals surface area (Å²) in [4.78, 5) is 11.7. The van der Waals surface area contributed by atoms with Crippen LogP contribution in [0.4, 0.5) is 0 Å². The summed E-state index contributed by atoms with van der Waals surface area (Å²) >= 11 is 11.6. The highest BCUT2D eigenvalue weighted by molar-refractivity contribution is 7.85. The van der Waals surface area contributed by atoms with Crippen LogP contribution in [0.25, 0.3) is 0 Å². The Balaban J connectivity index is 2.52. The van der Waals surface area contributed by atoms with Crippen molar-refractivity contribution in [3.8, 4) is 0 Å². The molecular formula is C12H14Cl2O2S. The zero-order valence-electron chi connectivity index (χ0n) is 9.54. The molecule has 1 unspecified atom stereocenters. The number of hydrogen-bond acceptors (Lipinski definition) is 2. The molecule has 0 bridgehead atoms. The van der Waals surface area contributed by atoms with Gasteiger partial charge in [-0.25, -0.2) is 0 Å². The lowest BCUT2D eigenvalue weighted by molar-refractivity contribution is -0.118. The first-order valence-corrected chi connectivity index (χ1v) is 7.47. The van der Waals surface area contributed by atoms with Crippen molar-refractivity contribution in [2.45, 2.75) is 31.1 Å². The van der Waals surface area contributed by atoms with E-state index in [1.165, 1.54) is 0 Å². The lowest BCUT2D eigenvalue weighted by Gasteiger charge is -2.03. The molecule has 1 atom stereocenters. The fraction of sp³-hybridized carbons (Fsp3) is 0.417. The summed E-state index contributed by atoms with van der Waals surface area (Å²) < 4.78 is 11.9. The van der Waals surface area contributed by atoms with Crippen molar-refractivity contribution in [3.63, 3.8) is 0 Å². The molecule has 0 saturated carbocycles. The molecule has 2 nitrogen and oxygen atoms in total.